The lowest BCUT2D eigenvalue weighted by Gasteiger charge is -2.16. The number of benzene rings is 3. The molecule has 0 aliphatic carbocycles. The number of fused-ring (bicyclic) bond motifs is 3. The summed E-state index contributed by atoms with van der Waals surface area (Å²) in [5.41, 5.74) is 2.35. The molecule has 0 spiro atoms. The summed E-state index contributed by atoms with van der Waals surface area (Å²) in [4.78, 5) is 12.6. The topological polar surface area (TPSA) is 110 Å². The van der Waals surface area contributed by atoms with Crippen molar-refractivity contribution in [3.8, 4) is 11.5 Å². The average Bonchev–Trinajstić information content (AvgIpc) is 3.19. The summed E-state index contributed by atoms with van der Waals surface area (Å²) in [6, 6.07) is 15.8. The molecule has 0 radical (unpaired) electrons. The van der Waals surface area contributed by atoms with E-state index in [2.05, 4.69) is 10.6 Å². The van der Waals surface area contributed by atoms with Crippen LogP contribution in [0.3, 0.4) is 0 Å². The molecule has 2 N–H and O–H groups in total. The summed E-state index contributed by atoms with van der Waals surface area (Å²) < 4.78 is 42.9. The molecule has 0 saturated carbocycles. The smallest absolute Gasteiger partial charge is 0.246 e. The monoisotopic (exact) mass is 483 g/mol. The van der Waals surface area contributed by atoms with Crippen molar-refractivity contribution in [2.45, 2.75) is 4.90 Å². The predicted molar refractivity (Wildman–Crippen MR) is 131 cm³/mol. The van der Waals surface area contributed by atoms with Crippen LogP contribution in [-0.2, 0) is 14.8 Å². The Balaban J connectivity index is 1.54. The predicted octanol–water partition coefficient (Wildman–Crippen LogP) is 3.90. The van der Waals surface area contributed by atoms with Gasteiger partial charge in [0.05, 0.1) is 26.5 Å². The van der Waals surface area contributed by atoms with Gasteiger partial charge in [0.25, 0.3) is 0 Å². The van der Waals surface area contributed by atoms with Crippen molar-refractivity contribution >= 4 is 49.2 Å². The van der Waals surface area contributed by atoms with Crippen molar-refractivity contribution in [2.75, 3.05) is 45.5 Å². The first-order chi connectivity index (χ1) is 16.2. The second-order valence-corrected chi connectivity index (χ2v) is 9.82. The number of hydrogen-bond donors (Lipinski definition) is 2. The van der Waals surface area contributed by atoms with Gasteiger partial charge in [0.15, 0.2) is 0 Å². The maximum absolute atomic E-state index is 12.6. The van der Waals surface area contributed by atoms with Crippen molar-refractivity contribution in [1.82, 2.24) is 4.31 Å². The normalized spacial score (nSPS) is 11.7. The van der Waals surface area contributed by atoms with Gasteiger partial charge < -0.3 is 24.5 Å². The van der Waals surface area contributed by atoms with E-state index in [1.165, 1.54) is 33.3 Å². The van der Waals surface area contributed by atoms with Gasteiger partial charge in [-0.2, -0.15) is 0 Å². The molecule has 1 heterocycles. The zero-order valence-corrected chi connectivity index (χ0v) is 20.0. The van der Waals surface area contributed by atoms with Gasteiger partial charge in [-0.3, -0.25) is 4.79 Å². The number of sulfonamides is 1. The minimum Gasteiger partial charge on any atom is -0.495 e. The standard InChI is InChI=1S/C24H25N3O6S/c1-27(2)34(29,30)23-11-15(9-10-20(23)31-3)26-24(28)14-25-18-13-21-17(12-22(18)32-4)16-7-5-6-8-19(16)33-21/h5-13,25H,14H2,1-4H3,(H,26,28). The van der Waals surface area contributed by atoms with Gasteiger partial charge in [0.2, 0.25) is 15.9 Å². The van der Waals surface area contributed by atoms with E-state index < -0.39 is 10.0 Å². The third kappa shape index (κ3) is 4.37. The molecule has 0 saturated heterocycles. The van der Waals surface area contributed by atoms with Crippen LogP contribution in [0.5, 0.6) is 11.5 Å². The van der Waals surface area contributed by atoms with Crippen molar-refractivity contribution in [1.29, 1.82) is 0 Å². The number of furan rings is 1. The molecule has 3 aromatic carbocycles. The Kier molecular flexibility index (Phi) is 6.36. The van der Waals surface area contributed by atoms with Gasteiger partial charge in [-0.25, -0.2) is 12.7 Å². The van der Waals surface area contributed by atoms with Crippen LogP contribution in [0.25, 0.3) is 21.9 Å². The van der Waals surface area contributed by atoms with Gasteiger partial charge in [-0.05, 0) is 30.3 Å². The summed E-state index contributed by atoms with van der Waals surface area (Å²) in [6.45, 7) is -0.0795. The van der Waals surface area contributed by atoms with Gasteiger partial charge in [0.1, 0.15) is 27.6 Å². The van der Waals surface area contributed by atoms with Crippen molar-refractivity contribution in [3.63, 3.8) is 0 Å². The maximum Gasteiger partial charge on any atom is 0.246 e. The molecular formula is C24H25N3O6S. The Morgan fingerprint density at radius 2 is 1.68 bits per heavy atom. The average molecular weight is 484 g/mol. The van der Waals surface area contributed by atoms with Crippen LogP contribution in [0.15, 0.2) is 63.9 Å². The number of ether oxygens (including phenoxy) is 2. The molecule has 4 aromatic rings. The van der Waals surface area contributed by atoms with Crippen LogP contribution in [0.1, 0.15) is 0 Å². The van der Waals surface area contributed by atoms with E-state index in [1.54, 1.807) is 19.2 Å². The van der Waals surface area contributed by atoms with Crippen LogP contribution >= 0.6 is 0 Å². The fraction of sp³-hybridized carbons (Fsp3) is 0.208. The van der Waals surface area contributed by atoms with E-state index in [9.17, 15) is 13.2 Å². The first kappa shape index (κ1) is 23.4. The van der Waals surface area contributed by atoms with Crippen molar-refractivity contribution < 1.29 is 27.1 Å². The molecule has 0 aliphatic heterocycles. The number of nitrogens with zero attached hydrogens (tertiary/aromatic N) is 1. The molecule has 10 heteroatoms. The minimum atomic E-state index is -3.76. The van der Waals surface area contributed by atoms with Crippen LogP contribution in [0.2, 0.25) is 0 Å². The number of para-hydroxylation sites is 1. The van der Waals surface area contributed by atoms with Gasteiger partial charge in [-0.1, -0.05) is 18.2 Å². The Morgan fingerprint density at radius 1 is 0.941 bits per heavy atom. The highest BCUT2D eigenvalue weighted by molar-refractivity contribution is 7.89. The molecule has 0 atom stereocenters. The molecule has 9 nitrogen and oxygen atoms in total. The highest BCUT2D eigenvalue weighted by Crippen LogP contribution is 2.36. The molecule has 4 rings (SSSR count). The highest BCUT2D eigenvalue weighted by Gasteiger charge is 2.23. The van der Waals surface area contributed by atoms with E-state index in [1.807, 2.05) is 30.3 Å². The number of rotatable bonds is 8. The quantitative estimate of drug-likeness (QED) is 0.391. The number of amides is 1. The number of nitrogens with one attached hydrogen (secondary N) is 2. The fourth-order valence-corrected chi connectivity index (χ4v) is 4.67. The molecule has 1 amide bonds. The van der Waals surface area contributed by atoms with E-state index in [4.69, 9.17) is 13.9 Å². The van der Waals surface area contributed by atoms with Crippen LogP contribution in [-0.4, -0.2) is 53.5 Å². The van der Waals surface area contributed by atoms with E-state index in [-0.39, 0.29) is 23.1 Å². The van der Waals surface area contributed by atoms with Crippen LogP contribution in [0.4, 0.5) is 11.4 Å². The zero-order valence-electron chi connectivity index (χ0n) is 19.2. The maximum atomic E-state index is 12.6. The molecule has 34 heavy (non-hydrogen) atoms. The van der Waals surface area contributed by atoms with E-state index in [0.717, 1.165) is 20.7 Å². The van der Waals surface area contributed by atoms with E-state index >= 15 is 0 Å². The highest BCUT2D eigenvalue weighted by atomic mass is 32.2. The Labute approximate surface area is 197 Å². The molecule has 0 aliphatic rings. The molecule has 0 unspecified atom stereocenters. The molecule has 0 fully saturated rings. The first-order valence-electron chi connectivity index (χ1n) is 10.4. The lowest BCUT2D eigenvalue weighted by molar-refractivity contribution is -0.114. The molecule has 0 bridgehead atoms. The minimum absolute atomic E-state index is 0.0391. The van der Waals surface area contributed by atoms with Gasteiger partial charge in [-0.15, -0.1) is 0 Å². The Bertz CT molecular complexity index is 1480. The second kappa shape index (κ2) is 9.24. The van der Waals surface area contributed by atoms with Crippen LogP contribution < -0.4 is 20.1 Å². The first-order valence-corrected chi connectivity index (χ1v) is 11.8. The summed E-state index contributed by atoms with van der Waals surface area (Å²) in [6.07, 6.45) is 0. The Morgan fingerprint density at radius 3 is 2.38 bits per heavy atom. The van der Waals surface area contributed by atoms with Crippen molar-refractivity contribution in [3.05, 3.63) is 54.6 Å². The molecule has 178 valence electrons. The summed E-state index contributed by atoms with van der Waals surface area (Å²) in [7, 11) is 2.04. The number of hydrogen-bond acceptors (Lipinski definition) is 7. The lowest BCUT2D eigenvalue weighted by atomic mass is 10.1. The van der Waals surface area contributed by atoms with E-state index in [0.29, 0.717) is 22.7 Å². The lowest BCUT2D eigenvalue weighted by Crippen LogP contribution is -2.24. The third-order valence-corrected chi connectivity index (χ3v) is 7.18. The fourth-order valence-electron chi connectivity index (χ4n) is 3.59. The number of carbonyl (C=O) groups is 1. The molecular weight excluding hydrogens is 458 g/mol. The van der Waals surface area contributed by atoms with Crippen molar-refractivity contribution in [2.24, 2.45) is 0 Å². The number of anilines is 2. The summed E-state index contributed by atoms with van der Waals surface area (Å²) in [5.74, 6) is 0.384. The summed E-state index contributed by atoms with van der Waals surface area (Å²) in [5, 5.41) is 7.65. The molecule has 1 aromatic heterocycles. The largest absolute Gasteiger partial charge is 0.495 e. The van der Waals surface area contributed by atoms with Gasteiger partial charge >= 0.3 is 0 Å². The number of methoxy groups -OCH3 is 2. The zero-order chi connectivity index (χ0) is 24.5. The second-order valence-electron chi connectivity index (χ2n) is 7.70. The van der Waals surface area contributed by atoms with Crippen LogP contribution in [0, 0.1) is 0 Å². The third-order valence-electron chi connectivity index (χ3n) is 5.34. The SMILES string of the molecule is COc1cc2c(cc1NCC(=O)Nc1ccc(OC)c(S(=O)(=O)N(C)C)c1)oc1ccccc12. The van der Waals surface area contributed by atoms with Gasteiger partial charge in [0, 0.05) is 36.6 Å². The Hall–Kier alpha value is -3.76. The number of carbonyl (C=O) groups excluding carboxylic acids is 1. The summed E-state index contributed by atoms with van der Waals surface area (Å²) >= 11 is 0.